The highest BCUT2D eigenvalue weighted by Gasteiger charge is 2.66. The van der Waals surface area contributed by atoms with Crippen LogP contribution in [0.2, 0.25) is 0 Å². The van der Waals surface area contributed by atoms with Crippen LogP contribution in [0.1, 0.15) is 38.5 Å². The third-order valence-electron chi connectivity index (χ3n) is 6.80. The second-order valence-corrected chi connectivity index (χ2v) is 7.23. The molecule has 5 aliphatic rings. The predicted molar refractivity (Wildman–Crippen MR) is 70.2 cm³/mol. The summed E-state index contributed by atoms with van der Waals surface area (Å²) in [6.45, 7) is 1.23. The lowest BCUT2D eigenvalue weighted by atomic mass is 9.47. The Morgan fingerprint density at radius 1 is 1.28 bits per heavy atom. The van der Waals surface area contributed by atoms with Crippen molar-refractivity contribution in [3.05, 3.63) is 12.2 Å². The number of nitrogens with one attached hydrogen (secondary N) is 1. The van der Waals surface area contributed by atoms with Crippen molar-refractivity contribution in [2.45, 2.75) is 56.8 Å². The number of rotatable bonds is 0. The second-order valence-electron chi connectivity index (χ2n) is 7.23. The van der Waals surface area contributed by atoms with E-state index >= 15 is 0 Å². The Bertz CT molecular complexity index is 406. The summed E-state index contributed by atoms with van der Waals surface area (Å²) in [5.74, 6) is 2.62. The van der Waals surface area contributed by atoms with Crippen LogP contribution in [-0.2, 0) is 4.74 Å². The summed E-state index contributed by atoms with van der Waals surface area (Å²) < 4.78 is 6.55. The molecular weight excluding hydrogens is 222 g/mol. The molecular formula is C16H23NO. The first-order valence-corrected chi connectivity index (χ1v) is 7.95. The maximum Gasteiger partial charge on any atom is 0.0680 e. The van der Waals surface area contributed by atoms with Gasteiger partial charge in [-0.1, -0.05) is 18.6 Å². The van der Waals surface area contributed by atoms with E-state index in [4.69, 9.17) is 4.74 Å². The van der Waals surface area contributed by atoms with Crippen molar-refractivity contribution in [1.29, 1.82) is 0 Å². The van der Waals surface area contributed by atoms with E-state index in [1.807, 2.05) is 0 Å². The molecule has 0 aromatic rings. The monoisotopic (exact) mass is 245 g/mol. The molecule has 2 nitrogen and oxygen atoms in total. The summed E-state index contributed by atoms with van der Waals surface area (Å²) in [7, 11) is 0. The zero-order chi connectivity index (χ0) is 11.7. The van der Waals surface area contributed by atoms with Gasteiger partial charge in [-0.15, -0.1) is 0 Å². The minimum Gasteiger partial charge on any atom is -0.374 e. The molecule has 2 saturated carbocycles. The molecule has 18 heavy (non-hydrogen) atoms. The van der Waals surface area contributed by atoms with Crippen LogP contribution in [0.3, 0.4) is 0 Å². The number of piperidine rings is 1. The van der Waals surface area contributed by atoms with Gasteiger partial charge in [-0.05, 0) is 50.5 Å². The van der Waals surface area contributed by atoms with E-state index in [1.165, 1.54) is 45.1 Å². The lowest BCUT2D eigenvalue weighted by molar-refractivity contribution is -0.0636. The molecule has 5 rings (SSSR count). The molecule has 98 valence electrons. The van der Waals surface area contributed by atoms with Gasteiger partial charge in [0, 0.05) is 17.4 Å². The van der Waals surface area contributed by atoms with Gasteiger partial charge in [-0.2, -0.15) is 0 Å². The molecule has 0 aromatic carbocycles. The predicted octanol–water partition coefficient (Wildman–Crippen LogP) is 2.50. The second kappa shape index (κ2) is 3.40. The first-order valence-electron chi connectivity index (χ1n) is 7.95. The van der Waals surface area contributed by atoms with Crippen molar-refractivity contribution < 1.29 is 4.74 Å². The molecule has 4 unspecified atom stereocenters. The maximum absolute atomic E-state index is 6.55. The van der Waals surface area contributed by atoms with Crippen molar-refractivity contribution in [3.63, 3.8) is 0 Å². The molecule has 0 amide bonds. The van der Waals surface area contributed by atoms with Gasteiger partial charge >= 0.3 is 0 Å². The number of ether oxygens (including phenoxy) is 1. The van der Waals surface area contributed by atoms with Crippen LogP contribution in [0.5, 0.6) is 0 Å². The van der Waals surface area contributed by atoms with Gasteiger partial charge in [0.05, 0.1) is 12.2 Å². The Balaban J connectivity index is 1.69. The van der Waals surface area contributed by atoms with Crippen molar-refractivity contribution in [3.8, 4) is 0 Å². The van der Waals surface area contributed by atoms with E-state index in [0.29, 0.717) is 17.6 Å². The molecule has 2 heteroatoms. The molecule has 2 saturated heterocycles. The van der Waals surface area contributed by atoms with Gasteiger partial charge < -0.3 is 10.1 Å². The smallest absolute Gasteiger partial charge is 0.0680 e. The molecule has 4 fully saturated rings. The van der Waals surface area contributed by atoms with Crippen LogP contribution >= 0.6 is 0 Å². The fourth-order valence-corrected chi connectivity index (χ4v) is 6.40. The Labute approximate surface area is 109 Å². The summed E-state index contributed by atoms with van der Waals surface area (Å²) >= 11 is 0. The molecule has 2 aliphatic heterocycles. The van der Waals surface area contributed by atoms with Crippen LogP contribution in [0, 0.1) is 23.2 Å². The fraction of sp³-hybridized carbons (Fsp3) is 0.875. The van der Waals surface area contributed by atoms with Crippen molar-refractivity contribution in [1.82, 2.24) is 5.32 Å². The lowest BCUT2D eigenvalue weighted by Crippen LogP contribution is -2.64. The Morgan fingerprint density at radius 3 is 3.28 bits per heavy atom. The van der Waals surface area contributed by atoms with E-state index < -0.39 is 0 Å². The summed E-state index contributed by atoms with van der Waals surface area (Å²) in [6.07, 6.45) is 14.3. The van der Waals surface area contributed by atoms with Crippen molar-refractivity contribution in [2.24, 2.45) is 23.2 Å². The Kier molecular flexibility index (Phi) is 1.97. The normalized spacial score (nSPS) is 60.4. The molecule has 3 aliphatic carbocycles. The molecule has 0 radical (unpaired) electrons. The van der Waals surface area contributed by atoms with Crippen LogP contribution in [0.4, 0.5) is 0 Å². The molecule has 2 bridgehead atoms. The largest absolute Gasteiger partial charge is 0.374 e. The van der Waals surface area contributed by atoms with Crippen LogP contribution < -0.4 is 5.32 Å². The van der Waals surface area contributed by atoms with E-state index in [9.17, 15) is 0 Å². The lowest BCUT2D eigenvalue weighted by Gasteiger charge is -2.59. The standard InChI is InChI=1S/C16H23NO/c1-3-10-9-12-11-4-2-6-14-16(11,7-8-17-12)15(10)13(5-1)18-14/h2,4,10-15,17H,1,3,5-9H2/t10?,11-,12+,13?,14?,15?,16+/m0/s1. The van der Waals surface area contributed by atoms with Gasteiger partial charge in [0.1, 0.15) is 0 Å². The third-order valence-corrected chi connectivity index (χ3v) is 6.80. The number of hydrogen-bond donors (Lipinski definition) is 1. The fourth-order valence-electron chi connectivity index (χ4n) is 6.40. The molecule has 0 aromatic heterocycles. The Morgan fingerprint density at radius 2 is 2.28 bits per heavy atom. The Hall–Kier alpha value is -0.340. The zero-order valence-electron chi connectivity index (χ0n) is 11.0. The highest BCUT2D eigenvalue weighted by atomic mass is 16.5. The summed E-state index contributed by atoms with van der Waals surface area (Å²) in [5, 5.41) is 3.81. The highest BCUT2D eigenvalue weighted by molar-refractivity contribution is 5.23. The van der Waals surface area contributed by atoms with E-state index in [1.54, 1.807) is 0 Å². The maximum atomic E-state index is 6.55. The highest BCUT2D eigenvalue weighted by Crippen LogP contribution is 2.65. The van der Waals surface area contributed by atoms with Gasteiger partial charge in [0.25, 0.3) is 0 Å². The minimum absolute atomic E-state index is 0.526. The summed E-state index contributed by atoms with van der Waals surface area (Å²) in [5.41, 5.74) is 0.526. The molecule has 1 N–H and O–H groups in total. The van der Waals surface area contributed by atoms with Crippen molar-refractivity contribution >= 4 is 0 Å². The zero-order valence-corrected chi connectivity index (χ0v) is 11.0. The molecule has 2 heterocycles. The minimum atomic E-state index is 0.526. The summed E-state index contributed by atoms with van der Waals surface area (Å²) in [6, 6.07) is 0.750. The van der Waals surface area contributed by atoms with Gasteiger partial charge in [0.15, 0.2) is 0 Å². The summed E-state index contributed by atoms with van der Waals surface area (Å²) in [4.78, 5) is 0. The van der Waals surface area contributed by atoms with E-state index in [2.05, 4.69) is 17.5 Å². The number of hydrogen-bond acceptors (Lipinski definition) is 2. The topological polar surface area (TPSA) is 21.3 Å². The first kappa shape index (κ1) is 10.4. The molecule has 7 atom stereocenters. The average molecular weight is 245 g/mol. The van der Waals surface area contributed by atoms with Crippen LogP contribution in [0.25, 0.3) is 0 Å². The van der Waals surface area contributed by atoms with Crippen LogP contribution in [0.15, 0.2) is 12.2 Å². The first-order chi connectivity index (χ1) is 8.89. The van der Waals surface area contributed by atoms with Crippen molar-refractivity contribution in [2.75, 3.05) is 6.54 Å². The van der Waals surface area contributed by atoms with Gasteiger partial charge in [0.2, 0.25) is 0 Å². The van der Waals surface area contributed by atoms with E-state index in [-0.39, 0.29) is 0 Å². The van der Waals surface area contributed by atoms with Crippen LogP contribution in [-0.4, -0.2) is 24.8 Å². The quantitative estimate of drug-likeness (QED) is 0.662. The van der Waals surface area contributed by atoms with Gasteiger partial charge in [-0.3, -0.25) is 0 Å². The average Bonchev–Trinajstić information content (AvgIpc) is 2.70. The van der Waals surface area contributed by atoms with E-state index in [0.717, 1.165) is 23.8 Å². The third kappa shape index (κ3) is 1.05. The van der Waals surface area contributed by atoms with Gasteiger partial charge in [-0.25, -0.2) is 0 Å². The SMILES string of the molecule is C1=C[C@H]2[C@H]3CC4CCCC5OC(C1)[C@]2(CCN3)C45. The molecule has 1 spiro atoms.